The fraction of sp³-hybridized carbons (Fsp3) is 0.682. The van der Waals surface area contributed by atoms with Crippen LogP contribution in [-0.4, -0.2) is 63.8 Å². The van der Waals surface area contributed by atoms with Gasteiger partial charge in [0.1, 0.15) is 6.23 Å². The summed E-state index contributed by atoms with van der Waals surface area (Å²) in [6.45, 7) is 2.42. The third-order valence-electron chi connectivity index (χ3n) is 8.81. The first-order valence-electron chi connectivity index (χ1n) is 10.6. The highest BCUT2D eigenvalue weighted by Crippen LogP contribution is 2.69. The molecule has 5 fully saturated rings. The van der Waals surface area contributed by atoms with E-state index in [1.807, 2.05) is 12.1 Å². The quantitative estimate of drug-likeness (QED) is 0.751. The summed E-state index contributed by atoms with van der Waals surface area (Å²) in [7, 11) is 0. The number of para-hydroxylation sites is 1. The minimum absolute atomic E-state index is 0.00370. The Bertz CT molecular complexity index is 849. The normalized spacial score (nSPS) is 49.4. The van der Waals surface area contributed by atoms with Crippen LogP contribution in [0.5, 0.6) is 0 Å². The molecule has 28 heavy (non-hydrogen) atoms. The SMILES string of the molecule is CC[C@H]1[C@@H]2C[C@H]3[C@@H]4N(CC(=O)CCl)c5ccccc5[C@@]45C[C@@H]([C@H]2[C@H]5O)N3[C@@H]1O. The predicted molar refractivity (Wildman–Crippen MR) is 106 cm³/mol. The van der Waals surface area contributed by atoms with Crippen molar-refractivity contribution < 1.29 is 15.0 Å². The van der Waals surface area contributed by atoms with Crippen LogP contribution in [0.1, 0.15) is 31.7 Å². The number of Topliss-reactive ketones (excluding diaryl/α,β-unsaturated/α-hetero) is 1. The molecule has 0 aromatic heterocycles. The van der Waals surface area contributed by atoms with Crippen LogP contribution in [0.4, 0.5) is 5.69 Å². The highest BCUT2D eigenvalue weighted by molar-refractivity contribution is 6.28. The Labute approximate surface area is 170 Å². The maximum absolute atomic E-state index is 12.4. The van der Waals surface area contributed by atoms with E-state index in [0.29, 0.717) is 5.92 Å². The van der Waals surface area contributed by atoms with E-state index < -0.39 is 12.3 Å². The van der Waals surface area contributed by atoms with Crippen molar-refractivity contribution in [2.75, 3.05) is 17.3 Å². The molecule has 0 amide bonds. The zero-order valence-electron chi connectivity index (χ0n) is 16.0. The molecule has 1 aromatic rings. The molecular weight excluding hydrogens is 376 g/mol. The van der Waals surface area contributed by atoms with Gasteiger partial charge >= 0.3 is 0 Å². The fourth-order valence-electron chi connectivity index (χ4n) is 8.12. The topological polar surface area (TPSA) is 64.0 Å². The molecule has 4 saturated heterocycles. The number of aliphatic hydroxyl groups excluding tert-OH is 2. The van der Waals surface area contributed by atoms with Gasteiger partial charge in [-0.25, -0.2) is 0 Å². The number of alkyl halides is 1. The van der Waals surface area contributed by atoms with Gasteiger partial charge in [-0.05, 0) is 36.8 Å². The Morgan fingerprint density at radius 2 is 2.07 bits per heavy atom. The van der Waals surface area contributed by atoms with Gasteiger partial charge in [0.05, 0.1) is 24.6 Å². The monoisotopic (exact) mass is 402 g/mol. The van der Waals surface area contributed by atoms with Gasteiger partial charge in [0.25, 0.3) is 0 Å². The van der Waals surface area contributed by atoms with Crippen LogP contribution in [0.2, 0.25) is 0 Å². The first-order valence-corrected chi connectivity index (χ1v) is 11.2. The molecule has 10 atom stereocenters. The highest BCUT2D eigenvalue weighted by Gasteiger charge is 2.76. The number of hydrogen-bond acceptors (Lipinski definition) is 5. The van der Waals surface area contributed by atoms with Crippen molar-refractivity contribution >= 4 is 23.1 Å². The summed E-state index contributed by atoms with van der Waals surface area (Å²) in [6, 6.07) is 8.72. The summed E-state index contributed by atoms with van der Waals surface area (Å²) >= 11 is 5.86. The van der Waals surface area contributed by atoms with Crippen LogP contribution in [0.15, 0.2) is 24.3 Å². The van der Waals surface area contributed by atoms with E-state index in [9.17, 15) is 15.0 Å². The van der Waals surface area contributed by atoms with Crippen LogP contribution in [0.3, 0.4) is 0 Å². The molecule has 7 rings (SSSR count). The number of anilines is 1. The van der Waals surface area contributed by atoms with Crippen molar-refractivity contribution in [2.24, 2.45) is 17.8 Å². The number of carbonyl (C=O) groups excluding carboxylic acids is 1. The van der Waals surface area contributed by atoms with Crippen molar-refractivity contribution in [1.82, 2.24) is 4.90 Å². The summed E-state index contributed by atoms with van der Waals surface area (Å²) in [5.41, 5.74) is 1.92. The Hall–Kier alpha value is -1.14. The van der Waals surface area contributed by atoms with Crippen molar-refractivity contribution in [2.45, 2.75) is 62.1 Å². The Morgan fingerprint density at radius 3 is 2.82 bits per heavy atom. The smallest absolute Gasteiger partial charge is 0.166 e. The maximum Gasteiger partial charge on any atom is 0.166 e. The predicted octanol–water partition coefficient (Wildman–Crippen LogP) is 1.73. The van der Waals surface area contributed by atoms with Crippen LogP contribution < -0.4 is 4.90 Å². The fourth-order valence-corrected chi connectivity index (χ4v) is 8.21. The Kier molecular flexibility index (Phi) is 3.61. The van der Waals surface area contributed by atoms with E-state index in [-0.39, 0.29) is 53.6 Å². The zero-order valence-corrected chi connectivity index (χ0v) is 16.8. The molecule has 1 aromatic carbocycles. The minimum atomic E-state index is -0.437. The molecule has 5 nitrogen and oxygen atoms in total. The molecule has 6 heteroatoms. The lowest BCUT2D eigenvalue weighted by molar-refractivity contribution is -0.211. The van der Waals surface area contributed by atoms with E-state index in [0.717, 1.165) is 24.9 Å². The number of fused-ring (bicyclic) bond motifs is 2. The van der Waals surface area contributed by atoms with E-state index in [4.69, 9.17) is 11.6 Å². The summed E-state index contributed by atoms with van der Waals surface area (Å²) in [5.74, 6) is 0.812. The molecule has 1 unspecified atom stereocenters. The van der Waals surface area contributed by atoms with Gasteiger partial charge in [-0.15, -0.1) is 11.6 Å². The van der Waals surface area contributed by atoms with E-state index in [1.165, 1.54) is 5.56 Å². The van der Waals surface area contributed by atoms with Crippen molar-refractivity contribution in [3.8, 4) is 0 Å². The number of ketones is 1. The molecule has 5 aliphatic heterocycles. The maximum atomic E-state index is 12.4. The molecule has 1 spiro atoms. The van der Waals surface area contributed by atoms with Crippen molar-refractivity contribution in [3.05, 3.63) is 29.8 Å². The lowest BCUT2D eigenvalue weighted by Crippen LogP contribution is -2.73. The van der Waals surface area contributed by atoms with Gasteiger partial charge in [0.15, 0.2) is 5.78 Å². The average Bonchev–Trinajstić information content (AvgIpc) is 3.11. The average molecular weight is 403 g/mol. The number of piperidine rings is 4. The molecular formula is C22H27ClN2O3. The molecule has 1 saturated carbocycles. The summed E-state index contributed by atoms with van der Waals surface area (Å²) in [5, 5.41) is 23.0. The second kappa shape index (κ2) is 5.72. The molecule has 5 bridgehead atoms. The molecule has 0 radical (unpaired) electrons. The number of aliphatic hydroxyl groups is 2. The van der Waals surface area contributed by atoms with Crippen LogP contribution in [0.25, 0.3) is 0 Å². The number of halogens is 1. The van der Waals surface area contributed by atoms with Gasteiger partial charge in [-0.1, -0.05) is 25.1 Å². The number of benzene rings is 1. The molecule has 2 N–H and O–H groups in total. The highest BCUT2D eigenvalue weighted by atomic mass is 35.5. The van der Waals surface area contributed by atoms with Gasteiger partial charge in [0, 0.05) is 35.0 Å². The number of rotatable bonds is 4. The first kappa shape index (κ1) is 17.7. The Morgan fingerprint density at radius 1 is 1.29 bits per heavy atom. The van der Waals surface area contributed by atoms with Gasteiger partial charge < -0.3 is 15.1 Å². The van der Waals surface area contributed by atoms with Crippen LogP contribution in [0, 0.1) is 17.8 Å². The molecule has 1 aliphatic carbocycles. The molecule has 150 valence electrons. The van der Waals surface area contributed by atoms with Crippen molar-refractivity contribution in [1.29, 1.82) is 0 Å². The number of hydrogen-bond donors (Lipinski definition) is 2. The van der Waals surface area contributed by atoms with Gasteiger partial charge in [-0.3, -0.25) is 9.69 Å². The van der Waals surface area contributed by atoms with Gasteiger partial charge in [-0.2, -0.15) is 0 Å². The van der Waals surface area contributed by atoms with Crippen molar-refractivity contribution in [3.63, 3.8) is 0 Å². The summed E-state index contributed by atoms with van der Waals surface area (Å²) in [4.78, 5) is 16.9. The second-order valence-corrected chi connectivity index (χ2v) is 9.76. The van der Waals surface area contributed by atoms with E-state index >= 15 is 0 Å². The second-order valence-electron chi connectivity index (χ2n) is 9.50. The van der Waals surface area contributed by atoms with Crippen LogP contribution >= 0.6 is 11.6 Å². The lowest BCUT2D eigenvalue weighted by atomic mass is 9.62. The molecule has 5 heterocycles. The van der Waals surface area contributed by atoms with E-state index in [1.54, 1.807) is 0 Å². The standard InChI is InChI=1S/C22H27ClN2O3/c1-2-12-13-7-16-19-22(8-17(18(13)20(22)27)25(16)21(12)28)14-5-3-4-6-15(14)24(19)10-11(26)9-23/h3-6,12-13,16-21,27-28H,2,7-10H2,1H3/t12-,13-,16-,17-,18-,19-,20+,21+,22-/m0/s1. The zero-order chi connectivity index (χ0) is 19.4. The summed E-state index contributed by atoms with van der Waals surface area (Å²) in [6.07, 6.45) is 1.94. The third kappa shape index (κ3) is 1.79. The number of nitrogens with zero attached hydrogens (tertiary/aromatic N) is 2. The van der Waals surface area contributed by atoms with Gasteiger partial charge in [0.2, 0.25) is 0 Å². The first-order chi connectivity index (χ1) is 13.5. The van der Waals surface area contributed by atoms with E-state index in [2.05, 4.69) is 28.9 Å². The number of carbonyl (C=O) groups is 1. The lowest BCUT2D eigenvalue weighted by Gasteiger charge is -2.62. The summed E-state index contributed by atoms with van der Waals surface area (Å²) < 4.78 is 0. The minimum Gasteiger partial charge on any atom is -0.392 e. The largest absolute Gasteiger partial charge is 0.392 e. The third-order valence-corrected chi connectivity index (χ3v) is 9.10. The van der Waals surface area contributed by atoms with Crippen LogP contribution in [-0.2, 0) is 10.2 Å². The Balaban J connectivity index is 1.54. The molecule has 6 aliphatic rings.